The smallest absolute Gasteiger partial charge is 0.318 e. The van der Waals surface area contributed by atoms with Gasteiger partial charge < -0.3 is 16.0 Å². The van der Waals surface area contributed by atoms with E-state index in [9.17, 15) is 4.79 Å². The number of amides is 2. The summed E-state index contributed by atoms with van der Waals surface area (Å²) >= 11 is 5.19. The van der Waals surface area contributed by atoms with Crippen molar-refractivity contribution >= 4 is 23.2 Å². The van der Waals surface area contributed by atoms with Gasteiger partial charge in [0.25, 0.3) is 0 Å². The lowest BCUT2D eigenvalue weighted by Crippen LogP contribution is -2.60. The number of urea groups is 1. The van der Waals surface area contributed by atoms with Gasteiger partial charge in [0.05, 0.1) is 10.5 Å². The van der Waals surface area contributed by atoms with E-state index in [2.05, 4.69) is 12.2 Å². The first-order chi connectivity index (χ1) is 8.45. The van der Waals surface area contributed by atoms with Gasteiger partial charge in [-0.05, 0) is 45.4 Å². The van der Waals surface area contributed by atoms with Gasteiger partial charge in [0.2, 0.25) is 0 Å². The first kappa shape index (κ1) is 15.2. The molecule has 0 aromatic heterocycles. The van der Waals surface area contributed by atoms with Gasteiger partial charge in [0, 0.05) is 13.1 Å². The Morgan fingerprint density at radius 1 is 1.39 bits per heavy atom. The Balaban J connectivity index is 2.75. The number of nitrogens with zero attached hydrogens (tertiary/aromatic N) is 1. The lowest BCUT2D eigenvalue weighted by Gasteiger charge is -2.40. The third-order valence-electron chi connectivity index (χ3n) is 4.00. The number of rotatable bonds is 4. The standard InChI is InChI=1S/C13H25N3OS/c1-4-16(5-2)12(17)15-13(11(14)18)8-6-10(3)7-9-13/h10H,4-9H2,1-3H3,(H2,14,18)(H,15,17). The van der Waals surface area contributed by atoms with E-state index in [1.54, 1.807) is 4.90 Å². The molecule has 5 heteroatoms. The van der Waals surface area contributed by atoms with E-state index in [-0.39, 0.29) is 6.03 Å². The van der Waals surface area contributed by atoms with Crippen LogP contribution in [-0.2, 0) is 0 Å². The second kappa shape index (κ2) is 6.36. The summed E-state index contributed by atoms with van der Waals surface area (Å²) in [5.74, 6) is 0.692. The molecule has 0 bridgehead atoms. The van der Waals surface area contributed by atoms with Gasteiger partial charge in [-0.15, -0.1) is 0 Å². The molecule has 1 saturated carbocycles. The Kier molecular flexibility index (Phi) is 5.38. The van der Waals surface area contributed by atoms with Gasteiger partial charge in [-0.2, -0.15) is 0 Å². The van der Waals surface area contributed by atoms with Crippen molar-refractivity contribution in [1.82, 2.24) is 10.2 Å². The molecular weight excluding hydrogens is 246 g/mol. The van der Waals surface area contributed by atoms with Crippen LogP contribution >= 0.6 is 12.2 Å². The summed E-state index contributed by atoms with van der Waals surface area (Å²) in [6.07, 6.45) is 3.85. The van der Waals surface area contributed by atoms with Crippen LogP contribution in [0.2, 0.25) is 0 Å². The summed E-state index contributed by atoms with van der Waals surface area (Å²) in [5, 5.41) is 3.08. The topological polar surface area (TPSA) is 58.4 Å². The lowest BCUT2D eigenvalue weighted by atomic mass is 9.77. The van der Waals surface area contributed by atoms with Crippen LogP contribution in [0.15, 0.2) is 0 Å². The Hall–Kier alpha value is -0.840. The van der Waals surface area contributed by atoms with Crippen LogP contribution in [0.5, 0.6) is 0 Å². The SMILES string of the molecule is CCN(CC)C(=O)NC1(C(N)=S)CCC(C)CC1. The van der Waals surface area contributed by atoms with Crippen molar-refractivity contribution in [3.63, 3.8) is 0 Å². The van der Waals surface area contributed by atoms with Gasteiger partial charge in [0.15, 0.2) is 0 Å². The molecule has 0 aromatic rings. The first-order valence-electron chi connectivity index (χ1n) is 6.82. The van der Waals surface area contributed by atoms with Gasteiger partial charge >= 0.3 is 6.03 Å². The van der Waals surface area contributed by atoms with Crippen molar-refractivity contribution in [2.75, 3.05) is 13.1 Å². The molecule has 0 spiro atoms. The normalized spacial score (nSPS) is 27.6. The number of carbonyl (C=O) groups is 1. The molecular formula is C13H25N3OS. The molecule has 1 aliphatic carbocycles. The van der Waals surface area contributed by atoms with E-state index in [0.717, 1.165) is 25.7 Å². The molecule has 1 rings (SSSR count). The number of nitrogens with two attached hydrogens (primary N) is 1. The third kappa shape index (κ3) is 3.34. The highest BCUT2D eigenvalue weighted by Crippen LogP contribution is 2.32. The number of carbonyl (C=O) groups excluding carboxylic acids is 1. The molecule has 0 heterocycles. The average molecular weight is 271 g/mol. The van der Waals surface area contributed by atoms with Gasteiger partial charge in [-0.25, -0.2) is 4.79 Å². The zero-order chi connectivity index (χ0) is 13.8. The molecule has 4 nitrogen and oxygen atoms in total. The molecule has 0 unspecified atom stereocenters. The van der Waals surface area contributed by atoms with Crippen molar-refractivity contribution in [2.24, 2.45) is 11.7 Å². The minimum atomic E-state index is -0.471. The van der Waals surface area contributed by atoms with Crippen molar-refractivity contribution in [1.29, 1.82) is 0 Å². The zero-order valence-corrected chi connectivity index (χ0v) is 12.5. The van der Waals surface area contributed by atoms with E-state index in [1.165, 1.54) is 0 Å². The fourth-order valence-electron chi connectivity index (χ4n) is 2.48. The van der Waals surface area contributed by atoms with Crippen LogP contribution < -0.4 is 11.1 Å². The number of thiocarbonyl (C=S) groups is 1. The monoisotopic (exact) mass is 271 g/mol. The summed E-state index contributed by atoms with van der Waals surface area (Å²) in [4.78, 5) is 14.4. The van der Waals surface area contributed by atoms with Crippen molar-refractivity contribution < 1.29 is 4.79 Å². The van der Waals surface area contributed by atoms with E-state index in [4.69, 9.17) is 18.0 Å². The molecule has 18 heavy (non-hydrogen) atoms. The summed E-state index contributed by atoms with van der Waals surface area (Å²) < 4.78 is 0. The summed E-state index contributed by atoms with van der Waals surface area (Å²) in [6, 6.07) is -0.0534. The Morgan fingerprint density at radius 3 is 2.28 bits per heavy atom. The van der Waals surface area contributed by atoms with Gasteiger partial charge in [0.1, 0.15) is 0 Å². The van der Waals surface area contributed by atoms with Crippen molar-refractivity contribution in [3.05, 3.63) is 0 Å². The summed E-state index contributed by atoms with van der Waals surface area (Å²) in [7, 11) is 0. The van der Waals surface area contributed by atoms with Crippen molar-refractivity contribution in [2.45, 2.75) is 52.0 Å². The first-order valence-corrected chi connectivity index (χ1v) is 7.23. The van der Waals surface area contributed by atoms with Crippen LogP contribution in [-0.4, -0.2) is 34.5 Å². The maximum atomic E-state index is 12.2. The fourth-order valence-corrected chi connectivity index (χ4v) is 2.74. The van der Waals surface area contributed by atoms with Gasteiger partial charge in [-0.1, -0.05) is 19.1 Å². The molecule has 3 N–H and O–H groups in total. The van der Waals surface area contributed by atoms with Crippen LogP contribution in [0.3, 0.4) is 0 Å². The minimum absolute atomic E-state index is 0.0534. The zero-order valence-electron chi connectivity index (χ0n) is 11.7. The second-order valence-electron chi connectivity index (χ2n) is 5.23. The Bertz CT molecular complexity index is 307. The van der Waals surface area contributed by atoms with Crippen LogP contribution in [0.25, 0.3) is 0 Å². The third-order valence-corrected chi connectivity index (χ3v) is 4.39. The van der Waals surface area contributed by atoms with Crippen LogP contribution in [0.1, 0.15) is 46.5 Å². The number of nitrogens with one attached hydrogen (secondary N) is 1. The second-order valence-corrected chi connectivity index (χ2v) is 5.67. The quantitative estimate of drug-likeness (QED) is 0.771. The highest BCUT2D eigenvalue weighted by atomic mass is 32.1. The fraction of sp³-hybridized carbons (Fsp3) is 0.846. The van der Waals surface area contributed by atoms with Crippen molar-refractivity contribution in [3.8, 4) is 0 Å². The highest BCUT2D eigenvalue weighted by Gasteiger charge is 2.38. The van der Waals surface area contributed by atoms with E-state index < -0.39 is 5.54 Å². The Labute approximate surface area is 115 Å². The van der Waals surface area contributed by atoms with Gasteiger partial charge in [-0.3, -0.25) is 0 Å². The number of hydrogen-bond acceptors (Lipinski definition) is 2. The van der Waals surface area contributed by atoms with E-state index in [0.29, 0.717) is 24.0 Å². The molecule has 2 amide bonds. The average Bonchev–Trinajstić information content (AvgIpc) is 2.33. The lowest BCUT2D eigenvalue weighted by molar-refractivity contribution is 0.183. The largest absolute Gasteiger partial charge is 0.391 e. The maximum absolute atomic E-state index is 12.2. The molecule has 104 valence electrons. The van der Waals surface area contributed by atoms with E-state index in [1.807, 2.05) is 13.8 Å². The summed E-state index contributed by atoms with van der Waals surface area (Å²) in [6.45, 7) is 7.58. The predicted octanol–water partition coefficient (Wildman–Crippen LogP) is 2.27. The number of hydrogen-bond donors (Lipinski definition) is 2. The summed E-state index contributed by atoms with van der Waals surface area (Å²) in [5.41, 5.74) is 5.41. The van der Waals surface area contributed by atoms with Crippen LogP contribution in [0.4, 0.5) is 4.79 Å². The molecule has 0 radical (unpaired) electrons. The minimum Gasteiger partial charge on any atom is -0.391 e. The molecule has 0 aliphatic heterocycles. The molecule has 1 fully saturated rings. The maximum Gasteiger partial charge on any atom is 0.318 e. The Morgan fingerprint density at radius 2 is 1.89 bits per heavy atom. The molecule has 0 atom stereocenters. The predicted molar refractivity (Wildman–Crippen MR) is 78.6 cm³/mol. The van der Waals surface area contributed by atoms with E-state index >= 15 is 0 Å². The highest BCUT2D eigenvalue weighted by molar-refractivity contribution is 7.80. The van der Waals surface area contributed by atoms with Crippen LogP contribution in [0, 0.1) is 5.92 Å². The molecule has 0 saturated heterocycles. The molecule has 1 aliphatic rings. The molecule has 0 aromatic carbocycles.